The van der Waals surface area contributed by atoms with Gasteiger partial charge in [-0.15, -0.1) is 0 Å². The molecule has 16 heavy (non-hydrogen) atoms. The summed E-state index contributed by atoms with van der Waals surface area (Å²) in [5.41, 5.74) is -0.0456. The smallest absolute Gasteiger partial charge is 0.292 e. The van der Waals surface area contributed by atoms with Crippen LogP contribution in [0.4, 0.5) is 5.69 Å². The van der Waals surface area contributed by atoms with Gasteiger partial charge in [-0.3, -0.25) is 20.5 Å². The SMILES string of the molecule is CN(N)C(=N)Cc1ncc(Cl)cc1[N+](=O)[O-]. The van der Waals surface area contributed by atoms with Gasteiger partial charge in [-0.05, 0) is 0 Å². The van der Waals surface area contributed by atoms with Crippen LogP contribution in [0.2, 0.25) is 5.02 Å². The Morgan fingerprint density at radius 3 is 2.94 bits per heavy atom. The van der Waals surface area contributed by atoms with Gasteiger partial charge in [0.25, 0.3) is 5.69 Å². The Balaban J connectivity index is 3.04. The maximum atomic E-state index is 10.7. The van der Waals surface area contributed by atoms with Gasteiger partial charge in [-0.25, -0.2) is 5.84 Å². The Morgan fingerprint density at radius 1 is 1.81 bits per heavy atom. The second-order valence-electron chi connectivity index (χ2n) is 3.11. The largest absolute Gasteiger partial charge is 0.302 e. The van der Waals surface area contributed by atoms with E-state index in [4.69, 9.17) is 22.9 Å². The highest BCUT2D eigenvalue weighted by Crippen LogP contribution is 2.21. The maximum Gasteiger partial charge on any atom is 0.292 e. The third-order valence-electron chi connectivity index (χ3n) is 1.87. The van der Waals surface area contributed by atoms with E-state index in [1.54, 1.807) is 0 Å². The van der Waals surface area contributed by atoms with E-state index >= 15 is 0 Å². The molecule has 0 aliphatic heterocycles. The number of halogens is 1. The molecule has 0 saturated carbocycles. The summed E-state index contributed by atoms with van der Waals surface area (Å²) in [6.45, 7) is 0. The lowest BCUT2D eigenvalue weighted by atomic mass is 10.2. The van der Waals surface area contributed by atoms with Gasteiger partial charge in [0, 0.05) is 19.3 Å². The molecular formula is C8H10ClN5O2. The van der Waals surface area contributed by atoms with Crippen molar-refractivity contribution in [3.8, 4) is 0 Å². The predicted octanol–water partition coefficient (Wildman–Crippen LogP) is 0.968. The molecule has 0 spiro atoms. The zero-order valence-corrected chi connectivity index (χ0v) is 9.23. The number of amidine groups is 1. The van der Waals surface area contributed by atoms with Crippen LogP contribution >= 0.6 is 11.6 Å². The normalized spacial score (nSPS) is 9.94. The average Bonchev–Trinajstić information content (AvgIpc) is 2.20. The van der Waals surface area contributed by atoms with E-state index < -0.39 is 4.92 Å². The van der Waals surface area contributed by atoms with Crippen molar-refractivity contribution in [1.82, 2.24) is 9.99 Å². The van der Waals surface area contributed by atoms with Crippen LogP contribution in [0, 0.1) is 15.5 Å². The van der Waals surface area contributed by atoms with Crippen molar-refractivity contribution >= 4 is 23.1 Å². The number of aromatic nitrogens is 1. The molecule has 1 aromatic rings. The first kappa shape index (κ1) is 12.3. The minimum Gasteiger partial charge on any atom is -0.302 e. The number of hydrogen-bond acceptors (Lipinski definition) is 5. The molecule has 0 unspecified atom stereocenters. The fraction of sp³-hybridized carbons (Fsp3) is 0.250. The van der Waals surface area contributed by atoms with Crippen LogP contribution in [-0.2, 0) is 6.42 Å². The van der Waals surface area contributed by atoms with E-state index in [2.05, 4.69) is 4.98 Å². The number of nitrogens with one attached hydrogen (secondary N) is 1. The van der Waals surface area contributed by atoms with Crippen LogP contribution in [-0.4, -0.2) is 27.8 Å². The molecule has 0 fully saturated rings. The molecule has 3 N–H and O–H groups in total. The van der Waals surface area contributed by atoms with Crippen LogP contribution in [0.3, 0.4) is 0 Å². The first-order valence-electron chi connectivity index (χ1n) is 4.26. The lowest BCUT2D eigenvalue weighted by Crippen LogP contribution is -2.34. The lowest BCUT2D eigenvalue weighted by Gasteiger charge is -2.12. The van der Waals surface area contributed by atoms with Gasteiger partial charge < -0.3 is 5.01 Å². The van der Waals surface area contributed by atoms with Gasteiger partial charge in [0.2, 0.25) is 0 Å². The summed E-state index contributed by atoms with van der Waals surface area (Å²) < 4.78 is 0. The summed E-state index contributed by atoms with van der Waals surface area (Å²) in [7, 11) is 1.48. The Bertz CT molecular complexity index is 434. The van der Waals surface area contributed by atoms with Crippen molar-refractivity contribution < 1.29 is 4.92 Å². The van der Waals surface area contributed by atoms with Crippen LogP contribution < -0.4 is 5.84 Å². The monoisotopic (exact) mass is 243 g/mol. The summed E-state index contributed by atoms with van der Waals surface area (Å²) in [5.74, 6) is 5.35. The molecule has 0 atom stereocenters. The molecule has 0 aliphatic rings. The average molecular weight is 244 g/mol. The Morgan fingerprint density at radius 2 is 2.44 bits per heavy atom. The van der Waals surface area contributed by atoms with Gasteiger partial charge in [0.15, 0.2) is 0 Å². The highest BCUT2D eigenvalue weighted by atomic mass is 35.5. The molecular weight excluding hydrogens is 234 g/mol. The number of hydrazine groups is 1. The van der Waals surface area contributed by atoms with Gasteiger partial charge in [0.05, 0.1) is 16.4 Å². The van der Waals surface area contributed by atoms with Crippen LogP contribution in [0.1, 0.15) is 5.69 Å². The topological polar surface area (TPSA) is 109 Å². The number of nitrogens with two attached hydrogens (primary N) is 1. The summed E-state index contributed by atoms with van der Waals surface area (Å²) in [4.78, 5) is 14.0. The molecule has 0 amide bonds. The fourth-order valence-corrected chi connectivity index (χ4v) is 1.19. The third-order valence-corrected chi connectivity index (χ3v) is 2.08. The third kappa shape index (κ3) is 2.88. The first-order valence-corrected chi connectivity index (χ1v) is 4.64. The molecule has 0 radical (unpaired) electrons. The van der Waals surface area contributed by atoms with Crippen molar-refractivity contribution in [2.45, 2.75) is 6.42 Å². The molecule has 1 aromatic heterocycles. The second-order valence-corrected chi connectivity index (χ2v) is 3.55. The van der Waals surface area contributed by atoms with Gasteiger partial charge >= 0.3 is 0 Å². The Labute approximate surface area is 96.5 Å². The number of hydrogen-bond donors (Lipinski definition) is 2. The van der Waals surface area contributed by atoms with Crippen molar-refractivity contribution in [1.29, 1.82) is 5.41 Å². The van der Waals surface area contributed by atoms with Crippen molar-refractivity contribution in [3.63, 3.8) is 0 Å². The highest BCUT2D eigenvalue weighted by molar-refractivity contribution is 6.30. The van der Waals surface area contributed by atoms with E-state index in [-0.39, 0.29) is 28.7 Å². The van der Waals surface area contributed by atoms with Crippen molar-refractivity contribution in [2.75, 3.05) is 7.05 Å². The standard InChI is InChI=1S/C8H10ClN5O2/c1-13(11)8(10)3-6-7(14(15)16)2-5(9)4-12-6/h2,4,10H,3,11H2,1H3. The van der Waals surface area contributed by atoms with Crippen molar-refractivity contribution in [3.05, 3.63) is 33.1 Å². The summed E-state index contributed by atoms with van der Waals surface area (Å²) in [6.07, 6.45) is 1.29. The molecule has 86 valence electrons. The Kier molecular flexibility index (Phi) is 3.75. The quantitative estimate of drug-likeness (QED) is 0.270. The summed E-state index contributed by atoms with van der Waals surface area (Å²) >= 11 is 5.60. The molecule has 1 rings (SSSR count). The molecule has 7 nitrogen and oxygen atoms in total. The second kappa shape index (κ2) is 4.86. The van der Waals surface area contributed by atoms with E-state index in [0.29, 0.717) is 0 Å². The number of nitrogens with zero attached hydrogens (tertiary/aromatic N) is 3. The van der Waals surface area contributed by atoms with E-state index in [9.17, 15) is 10.1 Å². The van der Waals surface area contributed by atoms with Crippen LogP contribution in [0.25, 0.3) is 0 Å². The summed E-state index contributed by atoms with van der Waals surface area (Å²) in [5, 5.41) is 19.4. The van der Waals surface area contributed by atoms with Gasteiger partial charge in [-0.1, -0.05) is 11.6 Å². The molecule has 1 heterocycles. The zero-order valence-electron chi connectivity index (χ0n) is 8.48. The predicted molar refractivity (Wildman–Crippen MR) is 59.3 cm³/mol. The van der Waals surface area contributed by atoms with E-state index in [1.807, 2.05) is 0 Å². The number of pyridine rings is 1. The zero-order chi connectivity index (χ0) is 12.3. The van der Waals surface area contributed by atoms with Crippen molar-refractivity contribution in [2.24, 2.45) is 5.84 Å². The van der Waals surface area contributed by atoms with Gasteiger partial charge in [0.1, 0.15) is 11.5 Å². The minimum absolute atomic E-state index is 0.0134. The first-order chi connectivity index (χ1) is 7.41. The molecule has 8 heteroatoms. The lowest BCUT2D eigenvalue weighted by molar-refractivity contribution is -0.385. The summed E-state index contributed by atoms with van der Waals surface area (Å²) in [6, 6.07) is 1.20. The van der Waals surface area contributed by atoms with E-state index in [1.165, 1.54) is 19.3 Å². The fourth-order valence-electron chi connectivity index (χ4n) is 1.03. The van der Waals surface area contributed by atoms with Gasteiger partial charge in [-0.2, -0.15) is 0 Å². The number of nitro groups is 1. The van der Waals surface area contributed by atoms with Crippen LogP contribution in [0.5, 0.6) is 0 Å². The molecule has 0 aromatic carbocycles. The van der Waals surface area contributed by atoms with E-state index in [0.717, 1.165) is 5.01 Å². The maximum absolute atomic E-state index is 10.7. The number of likely N-dealkylation sites (N-methyl/N-ethyl adjacent to an activating group) is 1. The highest BCUT2D eigenvalue weighted by Gasteiger charge is 2.17. The molecule has 0 bridgehead atoms. The molecule has 0 aliphatic carbocycles. The Hall–Kier alpha value is -1.73. The van der Waals surface area contributed by atoms with Crippen LogP contribution in [0.15, 0.2) is 12.3 Å². The number of rotatable bonds is 3. The molecule has 0 saturated heterocycles. The minimum atomic E-state index is -0.585.